The first-order chi connectivity index (χ1) is 15.9. The Labute approximate surface area is 192 Å². The van der Waals surface area contributed by atoms with Crippen molar-refractivity contribution >= 4 is 29.2 Å². The summed E-state index contributed by atoms with van der Waals surface area (Å²) in [6.45, 7) is -4.71. The number of halogens is 7. The Hall–Kier alpha value is -2.78. The van der Waals surface area contributed by atoms with Gasteiger partial charge in [-0.2, -0.15) is 26.3 Å². The minimum Gasteiger partial charge on any atom is -0.429 e. The number of amides is 1. The lowest BCUT2D eigenvalue weighted by Gasteiger charge is -2.31. The molecule has 15 heteroatoms. The maximum Gasteiger partial charge on any atom is 0.419 e. The summed E-state index contributed by atoms with van der Waals surface area (Å²) < 4.78 is 104. The van der Waals surface area contributed by atoms with E-state index < -0.39 is 66.4 Å². The van der Waals surface area contributed by atoms with Gasteiger partial charge in [-0.15, -0.1) is 0 Å². The van der Waals surface area contributed by atoms with Gasteiger partial charge in [0.05, 0.1) is 12.2 Å². The van der Waals surface area contributed by atoms with Gasteiger partial charge in [-0.3, -0.25) is 9.93 Å². The van der Waals surface area contributed by atoms with Crippen LogP contribution < -0.4 is 20.1 Å². The first-order valence-electron chi connectivity index (χ1n) is 9.37. The Balaban J connectivity index is 2.07. The first kappa shape index (κ1) is 25.8. The molecule has 1 fully saturated rings. The molecule has 1 aliphatic heterocycles. The molecular weight excluding hydrogens is 497 g/mol. The highest BCUT2D eigenvalue weighted by molar-refractivity contribution is 7.97. The summed E-state index contributed by atoms with van der Waals surface area (Å²) >= 11 is 0.751. The van der Waals surface area contributed by atoms with E-state index >= 15 is 0 Å². The van der Waals surface area contributed by atoms with E-state index in [-0.39, 0.29) is 10.7 Å². The number of pyridine rings is 1. The van der Waals surface area contributed by atoms with Gasteiger partial charge in [-0.05, 0) is 36.2 Å². The van der Waals surface area contributed by atoms with Crippen molar-refractivity contribution < 1.29 is 45.0 Å². The van der Waals surface area contributed by atoms with Crippen LogP contribution in [0.2, 0.25) is 0 Å². The van der Waals surface area contributed by atoms with E-state index in [9.17, 15) is 35.5 Å². The number of alkyl halides is 5. The highest BCUT2D eigenvalue weighted by Gasteiger charge is 2.63. The third-order valence-corrected chi connectivity index (χ3v) is 5.67. The summed E-state index contributed by atoms with van der Waals surface area (Å²) in [4.78, 5) is 17.6. The molecule has 34 heavy (non-hydrogen) atoms. The smallest absolute Gasteiger partial charge is 0.419 e. The van der Waals surface area contributed by atoms with Crippen LogP contribution in [0.4, 0.5) is 42.1 Å². The van der Waals surface area contributed by atoms with E-state index in [0.717, 1.165) is 25.1 Å². The molecule has 186 valence electrons. The monoisotopic (exact) mass is 514 g/mol. The van der Waals surface area contributed by atoms with E-state index in [1.54, 1.807) is 0 Å². The van der Waals surface area contributed by atoms with Gasteiger partial charge in [0.15, 0.2) is 17.2 Å². The minimum atomic E-state index is -5.00. The molecule has 0 aliphatic carbocycles. The number of hydrogen-bond acceptors (Lipinski definition) is 7. The zero-order valence-corrected chi connectivity index (χ0v) is 18.0. The number of rotatable bonds is 7. The molecule has 1 aromatic carbocycles. The molecule has 1 saturated heterocycles. The second kappa shape index (κ2) is 9.84. The third kappa shape index (κ3) is 5.00. The predicted molar refractivity (Wildman–Crippen MR) is 107 cm³/mol. The number of nitrogens with one attached hydrogen (secondary N) is 1. The molecule has 2 aromatic rings. The standard InChI is InChI=1S/C19H17F7N4O3S/c1-32-18(19(24,25)26)7-12(16(31)29-9-4-5-28-13(6-9)34-27)30(8-18)11-3-2-10(20)14(21)15(11)33-17(22)23/h2-6,12,17H,7-8,27H2,1H3,(H,28,29,31). The zero-order valence-electron chi connectivity index (χ0n) is 17.2. The van der Waals surface area contributed by atoms with Crippen molar-refractivity contribution in [2.24, 2.45) is 5.14 Å². The van der Waals surface area contributed by atoms with Crippen LogP contribution in [0.15, 0.2) is 35.5 Å². The van der Waals surface area contributed by atoms with Crippen LogP contribution in [0.25, 0.3) is 0 Å². The molecule has 3 N–H and O–H groups in total. The highest BCUT2D eigenvalue weighted by Crippen LogP contribution is 2.47. The van der Waals surface area contributed by atoms with Gasteiger partial charge in [0.1, 0.15) is 11.1 Å². The second-order valence-electron chi connectivity index (χ2n) is 7.12. The lowest BCUT2D eigenvalue weighted by atomic mass is 9.99. The summed E-state index contributed by atoms with van der Waals surface area (Å²) in [5.41, 5.74) is -3.47. The van der Waals surface area contributed by atoms with Gasteiger partial charge in [0, 0.05) is 25.4 Å². The fourth-order valence-electron chi connectivity index (χ4n) is 3.56. The Bertz CT molecular complexity index is 1060. The van der Waals surface area contributed by atoms with E-state index in [1.165, 1.54) is 18.3 Å². The highest BCUT2D eigenvalue weighted by atomic mass is 32.2. The Morgan fingerprint density at radius 1 is 1.32 bits per heavy atom. The molecule has 1 amide bonds. The first-order valence-corrected chi connectivity index (χ1v) is 10.3. The number of carbonyl (C=O) groups excluding carboxylic acids is 1. The molecule has 0 radical (unpaired) electrons. The molecule has 2 heterocycles. The Morgan fingerprint density at radius 2 is 2.03 bits per heavy atom. The summed E-state index contributed by atoms with van der Waals surface area (Å²) in [6, 6.07) is 2.25. The maximum atomic E-state index is 14.3. The molecule has 0 saturated carbocycles. The van der Waals surface area contributed by atoms with Gasteiger partial charge < -0.3 is 19.7 Å². The number of ether oxygens (including phenoxy) is 2. The zero-order chi connectivity index (χ0) is 25.3. The number of hydrogen-bond donors (Lipinski definition) is 2. The topological polar surface area (TPSA) is 89.7 Å². The normalized spacial score (nSPS) is 20.6. The van der Waals surface area contributed by atoms with Gasteiger partial charge in [0.2, 0.25) is 11.7 Å². The van der Waals surface area contributed by atoms with Gasteiger partial charge >= 0.3 is 12.8 Å². The van der Waals surface area contributed by atoms with Gasteiger partial charge in [-0.1, -0.05) is 0 Å². The number of nitrogens with zero attached hydrogens (tertiary/aromatic N) is 2. The molecule has 0 bridgehead atoms. The van der Waals surface area contributed by atoms with Crippen molar-refractivity contribution in [2.75, 3.05) is 23.9 Å². The summed E-state index contributed by atoms with van der Waals surface area (Å²) in [5, 5.41) is 8.08. The third-order valence-electron chi connectivity index (χ3n) is 5.20. The summed E-state index contributed by atoms with van der Waals surface area (Å²) in [6.07, 6.45) is -4.69. The van der Waals surface area contributed by atoms with Crippen LogP contribution in [0.3, 0.4) is 0 Å². The van der Waals surface area contributed by atoms with Crippen LogP contribution in [-0.4, -0.2) is 49.0 Å². The molecule has 0 spiro atoms. The predicted octanol–water partition coefficient (Wildman–Crippen LogP) is 4.09. The lowest BCUT2D eigenvalue weighted by molar-refractivity contribution is -0.261. The molecule has 1 aliphatic rings. The van der Waals surface area contributed by atoms with Crippen molar-refractivity contribution in [2.45, 2.75) is 35.9 Å². The van der Waals surface area contributed by atoms with Crippen molar-refractivity contribution in [3.8, 4) is 5.75 Å². The van der Waals surface area contributed by atoms with Crippen LogP contribution in [-0.2, 0) is 9.53 Å². The lowest BCUT2D eigenvalue weighted by Crippen LogP contribution is -2.49. The van der Waals surface area contributed by atoms with Crippen molar-refractivity contribution in [1.29, 1.82) is 0 Å². The quantitative estimate of drug-likeness (QED) is 0.425. The van der Waals surface area contributed by atoms with Gasteiger partial charge in [-0.25, -0.2) is 9.37 Å². The van der Waals surface area contributed by atoms with E-state index in [2.05, 4.69) is 15.0 Å². The van der Waals surface area contributed by atoms with E-state index in [1.807, 2.05) is 0 Å². The van der Waals surface area contributed by atoms with Crippen LogP contribution in [0, 0.1) is 11.6 Å². The van der Waals surface area contributed by atoms with Crippen molar-refractivity contribution in [3.63, 3.8) is 0 Å². The fourth-order valence-corrected chi connectivity index (χ4v) is 3.87. The van der Waals surface area contributed by atoms with Crippen LogP contribution >= 0.6 is 11.9 Å². The number of methoxy groups -OCH3 is 1. The Morgan fingerprint density at radius 3 is 2.62 bits per heavy atom. The summed E-state index contributed by atoms with van der Waals surface area (Å²) in [7, 11) is 0.765. The molecule has 7 nitrogen and oxygen atoms in total. The van der Waals surface area contributed by atoms with E-state index in [0.29, 0.717) is 11.0 Å². The minimum absolute atomic E-state index is 0.129. The van der Waals surface area contributed by atoms with Crippen molar-refractivity contribution in [3.05, 3.63) is 42.1 Å². The van der Waals surface area contributed by atoms with Crippen LogP contribution in [0.5, 0.6) is 5.75 Å². The number of carbonyl (C=O) groups is 1. The van der Waals surface area contributed by atoms with Crippen LogP contribution in [0.1, 0.15) is 6.42 Å². The molecular formula is C19H17F7N4O3S. The molecule has 2 unspecified atom stereocenters. The van der Waals surface area contributed by atoms with Gasteiger partial charge in [0.25, 0.3) is 0 Å². The number of aromatic nitrogens is 1. The second-order valence-corrected chi connectivity index (χ2v) is 7.78. The van der Waals surface area contributed by atoms with E-state index in [4.69, 9.17) is 9.88 Å². The average molecular weight is 514 g/mol. The number of anilines is 2. The number of benzene rings is 1. The molecule has 3 rings (SSSR count). The molecule has 2 atom stereocenters. The number of nitrogens with two attached hydrogens (primary N) is 1. The fraction of sp³-hybridized carbons (Fsp3) is 0.368. The van der Waals surface area contributed by atoms with Crippen molar-refractivity contribution in [1.82, 2.24) is 4.98 Å². The SMILES string of the molecule is COC1(C(F)(F)F)CC(C(=O)Nc2ccnc(SN)c2)N(c2ccc(F)c(F)c2OC(F)F)C1. The Kier molecular flexibility index (Phi) is 7.47. The average Bonchev–Trinajstić information content (AvgIpc) is 3.18. The molecule has 1 aromatic heterocycles. The summed E-state index contributed by atoms with van der Waals surface area (Å²) in [5.74, 6) is -5.77. The largest absolute Gasteiger partial charge is 0.429 e. The maximum absolute atomic E-state index is 14.3.